The topological polar surface area (TPSA) is 41.5 Å². The predicted molar refractivity (Wildman–Crippen MR) is 66.9 cm³/mol. The van der Waals surface area contributed by atoms with Crippen molar-refractivity contribution in [3.63, 3.8) is 0 Å². The van der Waals surface area contributed by atoms with Gasteiger partial charge in [0, 0.05) is 0 Å². The molecule has 0 aliphatic carbocycles. The molecular weight excluding hydrogens is 270 g/mol. The Morgan fingerprint density at radius 2 is 2.06 bits per heavy atom. The van der Waals surface area contributed by atoms with Gasteiger partial charge in [-0.2, -0.15) is 0 Å². The zero-order chi connectivity index (χ0) is 11.6. The molecule has 0 saturated carbocycles. The molecule has 0 atom stereocenters. The number of benzene rings is 1. The Kier molecular flexibility index (Phi) is 3.40. The molecule has 0 amide bonds. The van der Waals surface area contributed by atoms with Crippen molar-refractivity contribution in [1.82, 2.24) is 5.32 Å². The summed E-state index contributed by atoms with van der Waals surface area (Å²) in [7, 11) is 0. The standard InChI is InChI=1S/C12H16BrNO2/c1-12(4-6-14-7-5-12)16-9-2-3-11(15)10(13)8-9/h2-3,8,14-15H,4-7H2,1H3. The lowest BCUT2D eigenvalue weighted by molar-refractivity contribution is 0.0555. The van der Waals surface area contributed by atoms with E-state index in [2.05, 4.69) is 28.2 Å². The number of phenolic OH excluding ortho intramolecular Hbond substituents is 1. The third-order valence-electron chi connectivity index (χ3n) is 2.94. The van der Waals surface area contributed by atoms with E-state index in [0.29, 0.717) is 4.47 Å². The Balaban J connectivity index is 2.10. The van der Waals surface area contributed by atoms with Crippen LogP contribution in [-0.4, -0.2) is 23.8 Å². The molecular formula is C12H16BrNO2. The van der Waals surface area contributed by atoms with Crippen LogP contribution in [0.3, 0.4) is 0 Å². The first-order chi connectivity index (χ1) is 7.59. The largest absolute Gasteiger partial charge is 0.507 e. The molecule has 1 aromatic carbocycles. The van der Waals surface area contributed by atoms with E-state index in [1.54, 1.807) is 12.1 Å². The number of phenols is 1. The zero-order valence-corrected chi connectivity index (χ0v) is 10.9. The first kappa shape index (κ1) is 11.7. The predicted octanol–water partition coefficient (Wildman–Crippen LogP) is 2.68. The normalized spacial score (nSPS) is 19.4. The molecule has 3 nitrogen and oxygen atoms in total. The maximum Gasteiger partial charge on any atom is 0.130 e. The number of ether oxygens (including phenoxy) is 1. The van der Waals surface area contributed by atoms with Gasteiger partial charge in [-0.1, -0.05) is 0 Å². The Morgan fingerprint density at radius 1 is 1.38 bits per heavy atom. The summed E-state index contributed by atoms with van der Waals surface area (Å²) in [5.74, 6) is 1.04. The van der Waals surface area contributed by atoms with Gasteiger partial charge in [0.15, 0.2) is 0 Å². The molecule has 2 rings (SSSR count). The Hall–Kier alpha value is -0.740. The Bertz CT molecular complexity index is 375. The molecule has 1 aliphatic rings. The summed E-state index contributed by atoms with van der Waals surface area (Å²) in [6, 6.07) is 5.25. The zero-order valence-electron chi connectivity index (χ0n) is 9.29. The monoisotopic (exact) mass is 285 g/mol. The summed E-state index contributed by atoms with van der Waals surface area (Å²) in [6.07, 6.45) is 2.01. The average molecular weight is 286 g/mol. The second-order valence-corrected chi connectivity index (χ2v) is 5.27. The smallest absolute Gasteiger partial charge is 0.130 e. The maximum atomic E-state index is 9.40. The summed E-state index contributed by atoms with van der Waals surface area (Å²) in [4.78, 5) is 0. The molecule has 1 saturated heterocycles. The number of hydrogen-bond donors (Lipinski definition) is 2. The van der Waals surface area contributed by atoms with Crippen LogP contribution >= 0.6 is 15.9 Å². The lowest BCUT2D eigenvalue weighted by Crippen LogP contribution is -2.43. The van der Waals surface area contributed by atoms with Crippen molar-refractivity contribution < 1.29 is 9.84 Å². The summed E-state index contributed by atoms with van der Waals surface area (Å²) in [6.45, 7) is 4.13. The number of hydrogen-bond acceptors (Lipinski definition) is 3. The van der Waals surface area contributed by atoms with E-state index in [0.717, 1.165) is 31.7 Å². The van der Waals surface area contributed by atoms with Crippen LogP contribution in [0.25, 0.3) is 0 Å². The van der Waals surface area contributed by atoms with Crippen LogP contribution in [0.4, 0.5) is 0 Å². The fraction of sp³-hybridized carbons (Fsp3) is 0.500. The average Bonchev–Trinajstić information content (AvgIpc) is 2.24. The molecule has 2 N–H and O–H groups in total. The molecule has 1 fully saturated rings. The summed E-state index contributed by atoms with van der Waals surface area (Å²) in [5.41, 5.74) is -0.0956. The highest BCUT2D eigenvalue weighted by Crippen LogP contribution is 2.31. The van der Waals surface area contributed by atoms with Gasteiger partial charge in [-0.05, 0) is 67.0 Å². The molecule has 88 valence electrons. The second kappa shape index (κ2) is 4.63. The van der Waals surface area contributed by atoms with Crippen molar-refractivity contribution in [2.45, 2.75) is 25.4 Å². The van der Waals surface area contributed by atoms with Crippen molar-refractivity contribution >= 4 is 15.9 Å². The van der Waals surface area contributed by atoms with Crippen LogP contribution < -0.4 is 10.1 Å². The molecule has 0 radical (unpaired) electrons. The first-order valence-corrected chi connectivity index (χ1v) is 6.27. The van der Waals surface area contributed by atoms with Gasteiger partial charge < -0.3 is 15.2 Å². The third kappa shape index (κ3) is 2.68. The van der Waals surface area contributed by atoms with Crippen LogP contribution in [-0.2, 0) is 0 Å². The van der Waals surface area contributed by atoms with Gasteiger partial charge in [-0.25, -0.2) is 0 Å². The quantitative estimate of drug-likeness (QED) is 0.878. The number of piperidine rings is 1. The van der Waals surface area contributed by atoms with Crippen molar-refractivity contribution in [2.75, 3.05) is 13.1 Å². The van der Waals surface area contributed by atoms with Crippen LogP contribution in [0.1, 0.15) is 19.8 Å². The van der Waals surface area contributed by atoms with Gasteiger partial charge in [-0.15, -0.1) is 0 Å². The number of rotatable bonds is 2. The van der Waals surface area contributed by atoms with Gasteiger partial charge in [0.25, 0.3) is 0 Å². The maximum absolute atomic E-state index is 9.40. The third-order valence-corrected chi connectivity index (χ3v) is 3.58. The van der Waals surface area contributed by atoms with E-state index in [1.807, 2.05) is 6.07 Å². The minimum Gasteiger partial charge on any atom is -0.507 e. The van der Waals surface area contributed by atoms with Gasteiger partial charge >= 0.3 is 0 Å². The minimum absolute atomic E-state index is 0.0956. The number of nitrogens with one attached hydrogen (secondary N) is 1. The van der Waals surface area contributed by atoms with E-state index < -0.39 is 0 Å². The Morgan fingerprint density at radius 3 is 2.69 bits per heavy atom. The lowest BCUT2D eigenvalue weighted by Gasteiger charge is -2.34. The molecule has 1 heterocycles. The Labute approximate surface area is 104 Å². The highest BCUT2D eigenvalue weighted by Gasteiger charge is 2.28. The van der Waals surface area contributed by atoms with E-state index in [4.69, 9.17) is 4.74 Å². The van der Waals surface area contributed by atoms with E-state index in [1.165, 1.54) is 0 Å². The highest BCUT2D eigenvalue weighted by atomic mass is 79.9. The summed E-state index contributed by atoms with van der Waals surface area (Å²) >= 11 is 3.29. The van der Waals surface area contributed by atoms with Crippen LogP contribution in [0.5, 0.6) is 11.5 Å². The second-order valence-electron chi connectivity index (χ2n) is 4.42. The van der Waals surface area contributed by atoms with Crippen molar-refractivity contribution in [3.8, 4) is 11.5 Å². The van der Waals surface area contributed by atoms with Gasteiger partial charge in [0.2, 0.25) is 0 Å². The van der Waals surface area contributed by atoms with Crippen LogP contribution in [0, 0.1) is 0 Å². The number of halogens is 1. The van der Waals surface area contributed by atoms with Crippen LogP contribution in [0.2, 0.25) is 0 Å². The summed E-state index contributed by atoms with van der Waals surface area (Å²) < 4.78 is 6.67. The minimum atomic E-state index is -0.0956. The molecule has 0 spiro atoms. The fourth-order valence-electron chi connectivity index (χ4n) is 1.89. The van der Waals surface area contributed by atoms with Gasteiger partial charge in [-0.3, -0.25) is 0 Å². The van der Waals surface area contributed by atoms with Crippen molar-refractivity contribution in [1.29, 1.82) is 0 Å². The van der Waals surface area contributed by atoms with Gasteiger partial charge in [0.1, 0.15) is 17.1 Å². The SMILES string of the molecule is CC1(Oc2ccc(O)c(Br)c2)CCNCC1. The highest BCUT2D eigenvalue weighted by molar-refractivity contribution is 9.10. The lowest BCUT2D eigenvalue weighted by atomic mass is 9.94. The molecule has 1 aliphatic heterocycles. The van der Waals surface area contributed by atoms with E-state index in [9.17, 15) is 5.11 Å². The van der Waals surface area contributed by atoms with Crippen molar-refractivity contribution in [3.05, 3.63) is 22.7 Å². The van der Waals surface area contributed by atoms with Crippen molar-refractivity contribution in [2.24, 2.45) is 0 Å². The molecule has 1 aromatic rings. The molecule has 0 bridgehead atoms. The van der Waals surface area contributed by atoms with E-state index >= 15 is 0 Å². The first-order valence-electron chi connectivity index (χ1n) is 5.47. The van der Waals surface area contributed by atoms with Crippen LogP contribution in [0.15, 0.2) is 22.7 Å². The molecule has 0 unspecified atom stereocenters. The molecule has 4 heteroatoms. The number of aromatic hydroxyl groups is 1. The van der Waals surface area contributed by atoms with Gasteiger partial charge in [0.05, 0.1) is 4.47 Å². The van der Waals surface area contributed by atoms with E-state index in [-0.39, 0.29) is 11.4 Å². The fourth-order valence-corrected chi connectivity index (χ4v) is 2.25. The summed E-state index contributed by atoms with van der Waals surface area (Å²) in [5, 5.41) is 12.7. The molecule has 16 heavy (non-hydrogen) atoms. The molecule has 0 aromatic heterocycles.